The zero-order valence-corrected chi connectivity index (χ0v) is 14.9. The zero-order chi connectivity index (χ0) is 15.4. The summed E-state index contributed by atoms with van der Waals surface area (Å²) in [6, 6.07) is 5.89. The Labute approximate surface area is 140 Å². The standard InChI is InChI=1S/C16H22BrClN2O/c1-11(2)20(10-13-5-3-4-8-19-13)16(21)14-9-12(18)6-7-15(14)17/h6-7,9,11,13,19H,3-5,8,10H2,1-2H3. The number of piperidine rings is 1. The third kappa shape index (κ3) is 4.44. The number of hydrogen-bond acceptors (Lipinski definition) is 2. The summed E-state index contributed by atoms with van der Waals surface area (Å²) in [7, 11) is 0. The lowest BCUT2D eigenvalue weighted by atomic mass is 10.0. The van der Waals surface area contributed by atoms with Crippen LogP contribution in [-0.2, 0) is 0 Å². The number of rotatable bonds is 4. The zero-order valence-electron chi connectivity index (χ0n) is 12.5. The molecule has 0 saturated carbocycles. The monoisotopic (exact) mass is 372 g/mol. The SMILES string of the molecule is CC(C)N(CC1CCCCN1)C(=O)c1cc(Cl)ccc1Br. The van der Waals surface area contributed by atoms with Gasteiger partial charge in [0, 0.05) is 28.1 Å². The van der Waals surface area contributed by atoms with Crippen LogP contribution in [0, 0.1) is 0 Å². The maximum Gasteiger partial charge on any atom is 0.255 e. The first-order valence-corrected chi connectivity index (χ1v) is 8.65. The van der Waals surface area contributed by atoms with E-state index in [2.05, 4.69) is 35.1 Å². The maximum absolute atomic E-state index is 12.8. The minimum absolute atomic E-state index is 0.0340. The van der Waals surface area contributed by atoms with Gasteiger partial charge in [0.2, 0.25) is 0 Å². The molecule has 1 unspecified atom stereocenters. The molecule has 2 rings (SSSR count). The van der Waals surface area contributed by atoms with E-state index in [1.165, 1.54) is 12.8 Å². The Hall–Kier alpha value is -0.580. The minimum atomic E-state index is 0.0340. The summed E-state index contributed by atoms with van der Waals surface area (Å²) in [4.78, 5) is 14.8. The van der Waals surface area contributed by atoms with Gasteiger partial charge in [0.15, 0.2) is 0 Å². The number of benzene rings is 1. The van der Waals surface area contributed by atoms with Gasteiger partial charge in [-0.25, -0.2) is 0 Å². The van der Waals surface area contributed by atoms with Crippen molar-refractivity contribution in [3.63, 3.8) is 0 Å². The van der Waals surface area contributed by atoms with Crippen LogP contribution in [0.15, 0.2) is 22.7 Å². The highest BCUT2D eigenvalue weighted by atomic mass is 79.9. The van der Waals surface area contributed by atoms with Gasteiger partial charge in [0.05, 0.1) is 5.56 Å². The molecule has 1 aromatic carbocycles. The predicted molar refractivity (Wildman–Crippen MR) is 91.0 cm³/mol. The van der Waals surface area contributed by atoms with Gasteiger partial charge in [-0.05, 0) is 67.4 Å². The van der Waals surface area contributed by atoms with E-state index in [-0.39, 0.29) is 11.9 Å². The van der Waals surface area contributed by atoms with Crippen molar-refractivity contribution in [1.82, 2.24) is 10.2 Å². The van der Waals surface area contributed by atoms with Crippen LogP contribution in [0.5, 0.6) is 0 Å². The first kappa shape index (κ1) is 16.8. The summed E-state index contributed by atoms with van der Waals surface area (Å²) in [6.45, 7) is 5.90. The van der Waals surface area contributed by atoms with Crippen LogP contribution in [0.2, 0.25) is 5.02 Å². The first-order chi connectivity index (χ1) is 9.99. The second-order valence-corrected chi connectivity index (χ2v) is 7.11. The Bertz CT molecular complexity index is 501. The van der Waals surface area contributed by atoms with Crippen molar-refractivity contribution in [1.29, 1.82) is 0 Å². The second-order valence-electron chi connectivity index (χ2n) is 5.82. The topological polar surface area (TPSA) is 32.3 Å². The van der Waals surface area contributed by atoms with Crippen LogP contribution >= 0.6 is 27.5 Å². The Morgan fingerprint density at radius 1 is 1.48 bits per heavy atom. The number of nitrogens with one attached hydrogen (secondary N) is 1. The summed E-state index contributed by atoms with van der Waals surface area (Å²) in [6.07, 6.45) is 3.60. The molecule has 0 aliphatic carbocycles. The largest absolute Gasteiger partial charge is 0.335 e. The lowest BCUT2D eigenvalue weighted by Gasteiger charge is -2.33. The molecule has 0 aromatic heterocycles. The lowest BCUT2D eigenvalue weighted by molar-refractivity contribution is 0.0676. The van der Waals surface area contributed by atoms with Crippen LogP contribution in [0.1, 0.15) is 43.5 Å². The molecule has 1 heterocycles. The van der Waals surface area contributed by atoms with E-state index in [1.54, 1.807) is 12.1 Å². The first-order valence-electron chi connectivity index (χ1n) is 7.48. The summed E-state index contributed by atoms with van der Waals surface area (Å²) in [5, 5.41) is 4.09. The smallest absolute Gasteiger partial charge is 0.255 e. The Balaban J connectivity index is 2.16. The van der Waals surface area contributed by atoms with Crippen LogP contribution < -0.4 is 5.32 Å². The molecule has 5 heteroatoms. The van der Waals surface area contributed by atoms with Crippen molar-refractivity contribution >= 4 is 33.4 Å². The molecule has 21 heavy (non-hydrogen) atoms. The summed E-state index contributed by atoms with van der Waals surface area (Å²) in [5.74, 6) is 0.0340. The molecule has 1 aromatic rings. The molecule has 116 valence electrons. The van der Waals surface area contributed by atoms with Crippen LogP contribution in [0.25, 0.3) is 0 Å². The Kier molecular flexibility index (Phi) is 6.08. The number of halogens is 2. The van der Waals surface area contributed by atoms with E-state index in [4.69, 9.17) is 11.6 Å². The minimum Gasteiger partial charge on any atom is -0.335 e. The molecule has 0 bridgehead atoms. The summed E-state index contributed by atoms with van der Waals surface area (Å²) < 4.78 is 0.791. The number of amides is 1. The highest BCUT2D eigenvalue weighted by Crippen LogP contribution is 2.24. The molecule has 1 fully saturated rings. The van der Waals surface area contributed by atoms with Gasteiger partial charge in [-0.3, -0.25) is 4.79 Å². The number of nitrogens with zero attached hydrogens (tertiary/aromatic N) is 1. The van der Waals surface area contributed by atoms with E-state index in [9.17, 15) is 4.79 Å². The van der Waals surface area contributed by atoms with Gasteiger partial charge < -0.3 is 10.2 Å². The van der Waals surface area contributed by atoms with Crippen molar-refractivity contribution in [2.45, 2.75) is 45.2 Å². The van der Waals surface area contributed by atoms with Crippen LogP contribution in [0.3, 0.4) is 0 Å². The molecule has 1 amide bonds. The quantitative estimate of drug-likeness (QED) is 0.862. The predicted octanol–water partition coefficient (Wildman–Crippen LogP) is 4.10. The molecular weight excluding hydrogens is 352 g/mol. The van der Waals surface area contributed by atoms with Gasteiger partial charge in [0.25, 0.3) is 5.91 Å². The van der Waals surface area contributed by atoms with Crippen molar-refractivity contribution in [3.8, 4) is 0 Å². The molecule has 1 N–H and O–H groups in total. The maximum atomic E-state index is 12.8. The number of carbonyl (C=O) groups excluding carboxylic acids is 1. The van der Waals surface area contributed by atoms with E-state index < -0.39 is 0 Å². The number of hydrogen-bond donors (Lipinski definition) is 1. The molecule has 0 radical (unpaired) electrons. The molecular formula is C16H22BrClN2O. The molecule has 1 atom stereocenters. The fourth-order valence-corrected chi connectivity index (χ4v) is 3.25. The van der Waals surface area contributed by atoms with Gasteiger partial charge in [0.1, 0.15) is 0 Å². The third-order valence-corrected chi connectivity index (χ3v) is 4.80. The molecule has 3 nitrogen and oxygen atoms in total. The van der Waals surface area contributed by atoms with Crippen molar-refractivity contribution in [2.75, 3.05) is 13.1 Å². The number of carbonyl (C=O) groups is 1. The molecule has 1 saturated heterocycles. The van der Waals surface area contributed by atoms with Gasteiger partial charge in [-0.1, -0.05) is 18.0 Å². The van der Waals surface area contributed by atoms with Crippen molar-refractivity contribution < 1.29 is 4.79 Å². The normalized spacial score (nSPS) is 18.8. The average molecular weight is 374 g/mol. The summed E-state index contributed by atoms with van der Waals surface area (Å²) >= 11 is 9.49. The fraction of sp³-hybridized carbons (Fsp3) is 0.562. The van der Waals surface area contributed by atoms with Gasteiger partial charge in [-0.15, -0.1) is 0 Å². The fourth-order valence-electron chi connectivity index (χ4n) is 2.66. The molecule has 1 aliphatic heterocycles. The van der Waals surface area contributed by atoms with E-state index in [0.29, 0.717) is 16.6 Å². The highest BCUT2D eigenvalue weighted by molar-refractivity contribution is 9.10. The Morgan fingerprint density at radius 2 is 2.24 bits per heavy atom. The van der Waals surface area contributed by atoms with E-state index in [0.717, 1.165) is 24.0 Å². The lowest BCUT2D eigenvalue weighted by Crippen LogP contribution is -2.48. The molecule has 0 spiro atoms. The van der Waals surface area contributed by atoms with Gasteiger partial charge in [-0.2, -0.15) is 0 Å². The van der Waals surface area contributed by atoms with Crippen molar-refractivity contribution in [2.24, 2.45) is 0 Å². The van der Waals surface area contributed by atoms with Crippen LogP contribution in [-0.4, -0.2) is 36.0 Å². The Morgan fingerprint density at radius 3 is 2.86 bits per heavy atom. The third-order valence-electron chi connectivity index (χ3n) is 3.87. The van der Waals surface area contributed by atoms with E-state index >= 15 is 0 Å². The average Bonchev–Trinajstić information content (AvgIpc) is 2.47. The van der Waals surface area contributed by atoms with Gasteiger partial charge >= 0.3 is 0 Å². The van der Waals surface area contributed by atoms with Crippen molar-refractivity contribution in [3.05, 3.63) is 33.3 Å². The van der Waals surface area contributed by atoms with Crippen LogP contribution in [0.4, 0.5) is 0 Å². The summed E-state index contributed by atoms with van der Waals surface area (Å²) in [5.41, 5.74) is 0.631. The molecule has 1 aliphatic rings. The second kappa shape index (κ2) is 7.61. The highest BCUT2D eigenvalue weighted by Gasteiger charge is 2.25. The van der Waals surface area contributed by atoms with E-state index in [1.807, 2.05) is 11.0 Å².